The number of nitrogens with one attached hydrogen (secondary N) is 2. The highest BCUT2D eigenvalue weighted by Gasteiger charge is 2.28. The van der Waals surface area contributed by atoms with E-state index in [9.17, 15) is 9.90 Å². The Morgan fingerprint density at radius 1 is 1.12 bits per heavy atom. The standard InChI is InChI=1S/C20H31N3O2/c24-15-19(16-8-3-1-4-9-16)22-20(25)21-17-10-7-13-23(14-17)18-11-5-2-6-12-18/h1,3-4,8-9,17-19,24H,2,5-7,10-15H2,(H2,21,22,25). The summed E-state index contributed by atoms with van der Waals surface area (Å²) in [5.41, 5.74) is 0.924. The van der Waals surface area contributed by atoms with Crippen molar-refractivity contribution in [3.05, 3.63) is 35.9 Å². The molecule has 5 heteroatoms. The van der Waals surface area contributed by atoms with Crippen molar-refractivity contribution in [2.45, 2.75) is 63.1 Å². The van der Waals surface area contributed by atoms with Crippen LogP contribution in [0.15, 0.2) is 30.3 Å². The third-order valence-corrected chi connectivity index (χ3v) is 5.57. The molecule has 1 saturated carbocycles. The summed E-state index contributed by atoms with van der Waals surface area (Å²) in [6.07, 6.45) is 8.84. The second-order valence-electron chi connectivity index (χ2n) is 7.39. The van der Waals surface area contributed by atoms with Gasteiger partial charge in [-0.25, -0.2) is 4.79 Å². The van der Waals surface area contributed by atoms with Gasteiger partial charge in [0.2, 0.25) is 0 Å². The fraction of sp³-hybridized carbons (Fsp3) is 0.650. The monoisotopic (exact) mass is 345 g/mol. The summed E-state index contributed by atoms with van der Waals surface area (Å²) in [5.74, 6) is 0. The molecule has 2 aliphatic rings. The van der Waals surface area contributed by atoms with Crippen molar-refractivity contribution in [1.82, 2.24) is 15.5 Å². The van der Waals surface area contributed by atoms with Crippen LogP contribution in [0.3, 0.4) is 0 Å². The Labute approximate surface area is 150 Å². The summed E-state index contributed by atoms with van der Waals surface area (Å²) >= 11 is 0. The zero-order chi connectivity index (χ0) is 17.5. The molecule has 1 aromatic carbocycles. The van der Waals surface area contributed by atoms with Crippen LogP contribution in [0.4, 0.5) is 4.79 Å². The number of piperidine rings is 1. The summed E-state index contributed by atoms with van der Waals surface area (Å²) in [6.45, 7) is 2.01. The Hall–Kier alpha value is -1.59. The first-order valence-electron chi connectivity index (χ1n) is 9.73. The quantitative estimate of drug-likeness (QED) is 0.769. The zero-order valence-electron chi connectivity index (χ0n) is 15.0. The summed E-state index contributed by atoms with van der Waals surface area (Å²) in [6, 6.07) is 9.97. The van der Waals surface area contributed by atoms with Gasteiger partial charge in [-0.15, -0.1) is 0 Å². The molecule has 1 aliphatic heterocycles. The van der Waals surface area contributed by atoms with Gasteiger partial charge >= 0.3 is 6.03 Å². The first-order valence-corrected chi connectivity index (χ1v) is 9.73. The molecule has 2 atom stereocenters. The van der Waals surface area contributed by atoms with Crippen molar-refractivity contribution in [2.75, 3.05) is 19.7 Å². The van der Waals surface area contributed by atoms with E-state index in [1.54, 1.807) is 0 Å². The van der Waals surface area contributed by atoms with E-state index in [4.69, 9.17) is 0 Å². The number of hydrogen-bond acceptors (Lipinski definition) is 3. The summed E-state index contributed by atoms with van der Waals surface area (Å²) in [4.78, 5) is 15.0. The lowest BCUT2D eigenvalue weighted by molar-refractivity contribution is 0.111. The highest BCUT2D eigenvalue weighted by atomic mass is 16.3. The Bertz CT molecular complexity index is 531. The number of aliphatic hydroxyl groups excluding tert-OH is 1. The molecule has 0 radical (unpaired) electrons. The van der Waals surface area contributed by atoms with Gasteiger partial charge in [-0.1, -0.05) is 49.6 Å². The lowest BCUT2D eigenvalue weighted by atomic mass is 9.92. The van der Waals surface area contributed by atoms with Gasteiger partial charge in [0.25, 0.3) is 0 Å². The third kappa shape index (κ3) is 5.19. The predicted octanol–water partition coefficient (Wildman–Crippen LogP) is 2.82. The van der Waals surface area contributed by atoms with E-state index >= 15 is 0 Å². The van der Waals surface area contributed by atoms with Crippen molar-refractivity contribution in [3.8, 4) is 0 Å². The average Bonchev–Trinajstić information content (AvgIpc) is 2.68. The molecule has 3 rings (SSSR count). The Balaban J connectivity index is 1.49. The molecule has 2 amide bonds. The normalized spacial score (nSPS) is 23.8. The molecule has 1 aliphatic carbocycles. The summed E-state index contributed by atoms with van der Waals surface area (Å²) in [7, 11) is 0. The molecule has 0 spiro atoms. The first-order chi connectivity index (χ1) is 12.3. The summed E-state index contributed by atoms with van der Waals surface area (Å²) < 4.78 is 0. The average molecular weight is 345 g/mol. The number of nitrogens with zero attached hydrogens (tertiary/aromatic N) is 1. The minimum Gasteiger partial charge on any atom is -0.394 e. The number of carbonyl (C=O) groups is 1. The van der Waals surface area contributed by atoms with Gasteiger partial charge in [0, 0.05) is 18.6 Å². The lowest BCUT2D eigenvalue weighted by Crippen LogP contribution is -2.53. The van der Waals surface area contributed by atoms with Gasteiger partial charge in [-0.3, -0.25) is 4.90 Å². The molecule has 0 bridgehead atoms. The molecular weight excluding hydrogens is 314 g/mol. The molecule has 2 unspecified atom stereocenters. The van der Waals surface area contributed by atoms with Gasteiger partial charge in [0.15, 0.2) is 0 Å². The third-order valence-electron chi connectivity index (χ3n) is 5.57. The van der Waals surface area contributed by atoms with Crippen LogP contribution in [-0.2, 0) is 0 Å². The van der Waals surface area contributed by atoms with Gasteiger partial charge in [0.1, 0.15) is 0 Å². The summed E-state index contributed by atoms with van der Waals surface area (Å²) in [5, 5.41) is 15.6. The van der Waals surface area contributed by atoms with Crippen LogP contribution in [0.5, 0.6) is 0 Å². The van der Waals surface area contributed by atoms with E-state index in [1.165, 1.54) is 32.1 Å². The number of likely N-dealkylation sites (tertiary alicyclic amines) is 1. The van der Waals surface area contributed by atoms with Crippen molar-refractivity contribution in [2.24, 2.45) is 0 Å². The molecule has 25 heavy (non-hydrogen) atoms. The minimum atomic E-state index is -0.362. The molecule has 1 heterocycles. The fourth-order valence-electron chi connectivity index (χ4n) is 4.21. The van der Waals surface area contributed by atoms with E-state index in [0.717, 1.165) is 31.5 Å². The Kier molecular flexibility index (Phi) is 6.70. The van der Waals surface area contributed by atoms with Crippen molar-refractivity contribution in [1.29, 1.82) is 0 Å². The molecular formula is C20H31N3O2. The molecule has 1 saturated heterocycles. The topological polar surface area (TPSA) is 64.6 Å². The lowest BCUT2D eigenvalue weighted by Gasteiger charge is -2.40. The smallest absolute Gasteiger partial charge is 0.315 e. The maximum absolute atomic E-state index is 12.4. The van der Waals surface area contributed by atoms with Gasteiger partial charge in [-0.05, 0) is 37.8 Å². The van der Waals surface area contributed by atoms with E-state index < -0.39 is 0 Å². The number of hydrogen-bond donors (Lipinski definition) is 3. The minimum absolute atomic E-state index is 0.101. The van der Waals surface area contributed by atoms with E-state index in [2.05, 4.69) is 15.5 Å². The highest BCUT2D eigenvalue weighted by molar-refractivity contribution is 5.74. The SMILES string of the molecule is O=C(NC1CCCN(C2CCCCC2)C1)NC(CO)c1ccccc1. The van der Waals surface area contributed by atoms with Crippen LogP contribution in [0.25, 0.3) is 0 Å². The molecule has 1 aromatic rings. The van der Waals surface area contributed by atoms with Crippen molar-refractivity contribution >= 4 is 6.03 Å². The molecule has 3 N–H and O–H groups in total. The zero-order valence-corrected chi connectivity index (χ0v) is 15.0. The molecule has 5 nitrogen and oxygen atoms in total. The van der Waals surface area contributed by atoms with E-state index in [1.807, 2.05) is 30.3 Å². The highest BCUT2D eigenvalue weighted by Crippen LogP contribution is 2.25. The number of aliphatic hydroxyl groups is 1. The van der Waals surface area contributed by atoms with Crippen molar-refractivity contribution < 1.29 is 9.90 Å². The van der Waals surface area contributed by atoms with Crippen LogP contribution in [0.1, 0.15) is 56.6 Å². The number of carbonyl (C=O) groups excluding carboxylic acids is 1. The van der Waals surface area contributed by atoms with Crippen LogP contribution in [0, 0.1) is 0 Å². The number of benzene rings is 1. The first kappa shape index (κ1) is 18.2. The number of rotatable bonds is 5. The maximum atomic E-state index is 12.4. The van der Waals surface area contributed by atoms with E-state index in [0.29, 0.717) is 6.04 Å². The van der Waals surface area contributed by atoms with Gasteiger partial charge in [0.05, 0.1) is 12.6 Å². The fourth-order valence-corrected chi connectivity index (χ4v) is 4.21. The second kappa shape index (κ2) is 9.20. The van der Waals surface area contributed by atoms with E-state index in [-0.39, 0.29) is 24.7 Å². The predicted molar refractivity (Wildman–Crippen MR) is 99.4 cm³/mol. The Morgan fingerprint density at radius 2 is 1.88 bits per heavy atom. The number of amides is 2. The van der Waals surface area contributed by atoms with Crippen molar-refractivity contribution in [3.63, 3.8) is 0 Å². The van der Waals surface area contributed by atoms with Crippen LogP contribution < -0.4 is 10.6 Å². The molecule has 0 aromatic heterocycles. The molecule has 138 valence electrons. The van der Waals surface area contributed by atoms with Crippen LogP contribution >= 0.6 is 0 Å². The Morgan fingerprint density at radius 3 is 2.60 bits per heavy atom. The second-order valence-corrected chi connectivity index (χ2v) is 7.39. The molecule has 2 fully saturated rings. The van der Waals surface area contributed by atoms with Gasteiger partial charge in [-0.2, -0.15) is 0 Å². The van der Waals surface area contributed by atoms with Crippen LogP contribution in [-0.4, -0.2) is 47.8 Å². The van der Waals surface area contributed by atoms with Crippen LogP contribution in [0.2, 0.25) is 0 Å². The number of urea groups is 1. The van der Waals surface area contributed by atoms with Gasteiger partial charge < -0.3 is 15.7 Å². The maximum Gasteiger partial charge on any atom is 0.315 e. The largest absolute Gasteiger partial charge is 0.394 e.